The van der Waals surface area contributed by atoms with Gasteiger partial charge in [-0.05, 0) is 68.0 Å². The number of hydrogen-bond donors (Lipinski definition) is 1. The van der Waals surface area contributed by atoms with Gasteiger partial charge in [-0.2, -0.15) is 0 Å². The second-order valence-electron chi connectivity index (χ2n) is 3.02. The molecule has 1 unspecified atom stereocenters. The summed E-state index contributed by atoms with van der Waals surface area (Å²) in [7, 11) is 0. The molecule has 1 atom stereocenters. The summed E-state index contributed by atoms with van der Waals surface area (Å²) in [6.07, 6.45) is 1.59. The first-order valence-electron chi connectivity index (χ1n) is 3.84. The van der Waals surface area contributed by atoms with Crippen LogP contribution in [-0.4, -0.2) is 5.11 Å². The highest BCUT2D eigenvalue weighted by atomic mass is 79.9. The van der Waals surface area contributed by atoms with Crippen LogP contribution in [0.25, 0.3) is 0 Å². The molecule has 0 heterocycles. The first-order chi connectivity index (χ1) is 5.68. The minimum absolute atomic E-state index is 0.260. The molecule has 64 valence electrons. The van der Waals surface area contributed by atoms with E-state index < -0.39 is 0 Å². The molecule has 1 aliphatic carbocycles. The summed E-state index contributed by atoms with van der Waals surface area (Å²) in [6, 6.07) is 4.08. The zero-order valence-electron chi connectivity index (χ0n) is 6.35. The Kier molecular flexibility index (Phi) is 2.27. The second kappa shape index (κ2) is 3.13. The number of aryl methyl sites for hydroxylation is 1. The van der Waals surface area contributed by atoms with Gasteiger partial charge in [0.25, 0.3) is 0 Å². The van der Waals surface area contributed by atoms with Gasteiger partial charge in [0.05, 0.1) is 6.10 Å². The maximum absolute atomic E-state index is 9.56. The SMILES string of the molecule is OC1CCc2cc(Br)c(Br)cc21. The van der Waals surface area contributed by atoms with Gasteiger partial charge in [0.1, 0.15) is 0 Å². The van der Waals surface area contributed by atoms with Crippen molar-refractivity contribution in [1.82, 2.24) is 0 Å². The molecule has 0 saturated heterocycles. The zero-order chi connectivity index (χ0) is 8.72. The van der Waals surface area contributed by atoms with E-state index in [2.05, 4.69) is 37.9 Å². The molecule has 0 fully saturated rings. The van der Waals surface area contributed by atoms with Gasteiger partial charge in [0.2, 0.25) is 0 Å². The first kappa shape index (κ1) is 8.73. The van der Waals surface area contributed by atoms with Crippen molar-refractivity contribution in [1.29, 1.82) is 0 Å². The number of aliphatic hydroxyl groups excluding tert-OH is 1. The van der Waals surface area contributed by atoms with Crippen molar-refractivity contribution in [3.63, 3.8) is 0 Å². The molecular weight excluding hydrogens is 284 g/mol. The Morgan fingerprint density at radius 1 is 1.25 bits per heavy atom. The predicted octanol–water partition coefficient (Wildman–Crippen LogP) is 3.19. The fourth-order valence-electron chi connectivity index (χ4n) is 1.58. The smallest absolute Gasteiger partial charge is 0.0796 e. The molecule has 0 aliphatic heterocycles. The molecule has 0 radical (unpaired) electrons. The predicted molar refractivity (Wildman–Crippen MR) is 55.1 cm³/mol. The van der Waals surface area contributed by atoms with Crippen molar-refractivity contribution in [3.8, 4) is 0 Å². The number of benzene rings is 1. The van der Waals surface area contributed by atoms with Gasteiger partial charge in [-0.1, -0.05) is 0 Å². The van der Waals surface area contributed by atoms with E-state index >= 15 is 0 Å². The molecule has 0 aromatic heterocycles. The van der Waals surface area contributed by atoms with Crippen LogP contribution in [0.4, 0.5) is 0 Å². The van der Waals surface area contributed by atoms with Crippen LogP contribution >= 0.6 is 31.9 Å². The number of halogens is 2. The summed E-state index contributed by atoms with van der Waals surface area (Å²) in [5, 5.41) is 9.56. The molecule has 1 nitrogen and oxygen atoms in total. The lowest BCUT2D eigenvalue weighted by atomic mass is 10.1. The molecule has 0 amide bonds. The average Bonchev–Trinajstić information content (AvgIpc) is 2.35. The summed E-state index contributed by atoms with van der Waals surface area (Å²) < 4.78 is 2.08. The highest BCUT2D eigenvalue weighted by Gasteiger charge is 2.20. The summed E-state index contributed by atoms with van der Waals surface area (Å²) in [4.78, 5) is 0. The third kappa shape index (κ3) is 1.34. The maximum atomic E-state index is 9.56. The molecular formula is C9H8Br2O. The van der Waals surface area contributed by atoms with Gasteiger partial charge in [-0.25, -0.2) is 0 Å². The monoisotopic (exact) mass is 290 g/mol. The van der Waals surface area contributed by atoms with Crippen molar-refractivity contribution in [3.05, 3.63) is 32.2 Å². The Balaban J connectivity index is 2.56. The van der Waals surface area contributed by atoms with Crippen molar-refractivity contribution < 1.29 is 5.11 Å². The standard InChI is InChI=1S/C9H8Br2O/c10-7-3-5-1-2-9(12)6(5)4-8(7)11/h3-4,9,12H,1-2H2. The van der Waals surface area contributed by atoms with Crippen LogP contribution in [0.2, 0.25) is 0 Å². The topological polar surface area (TPSA) is 20.2 Å². The van der Waals surface area contributed by atoms with Crippen molar-refractivity contribution in [2.75, 3.05) is 0 Å². The van der Waals surface area contributed by atoms with Crippen LogP contribution < -0.4 is 0 Å². The van der Waals surface area contributed by atoms with Crippen molar-refractivity contribution >= 4 is 31.9 Å². The molecule has 12 heavy (non-hydrogen) atoms. The van der Waals surface area contributed by atoms with Gasteiger partial charge in [-0.3, -0.25) is 0 Å². The quantitative estimate of drug-likeness (QED) is 0.778. The molecule has 1 aliphatic rings. The largest absolute Gasteiger partial charge is 0.388 e. The Labute approximate surface area is 88.0 Å². The Hall–Kier alpha value is 0.140. The molecule has 1 aromatic rings. The van der Waals surface area contributed by atoms with E-state index in [-0.39, 0.29) is 6.10 Å². The lowest BCUT2D eigenvalue weighted by Crippen LogP contribution is -1.90. The molecule has 0 bridgehead atoms. The highest BCUT2D eigenvalue weighted by molar-refractivity contribution is 9.13. The Morgan fingerprint density at radius 3 is 2.67 bits per heavy atom. The molecule has 2 rings (SSSR count). The molecule has 1 aromatic carbocycles. The van der Waals surface area contributed by atoms with Gasteiger partial charge >= 0.3 is 0 Å². The minimum atomic E-state index is -0.260. The Bertz CT molecular complexity index is 323. The van der Waals surface area contributed by atoms with Crippen molar-refractivity contribution in [2.24, 2.45) is 0 Å². The molecule has 1 N–H and O–H groups in total. The van der Waals surface area contributed by atoms with Gasteiger partial charge in [0.15, 0.2) is 0 Å². The van der Waals surface area contributed by atoms with Crippen molar-refractivity contribution in [2.45, 2.75) is 18.9 Å². The third-order valence-corrected chi connectivity index (χ3v) is 4.07. The van der Waals surface area contributed by atoms with E-state index in [4.69, 9.17) is 0 Å². The number of hydrogen-bond acceptors (Lipinski definition) is 1. The van der Waals surface area contributed by atoms with Gasteiger partial charge in [0, 0.05) is 8.95 Å². The maximum Gasteiger partial charge on any atom is 0.0796 e. The summed E-state index contributed by atoms with van der Waals surface area (Å²) in [6.45, 7) is 0. The van der Waals surface area contributed by atoms with E-state index in [0.29, 0.717) is 0 Å². The van der Waals surface area contributed by atoms with Crippen LogP contribution in [0.15, 0.2) is 21.1 Å². The summed E-state index contributed by atoms with van der Waals surface area (Å²) in [5.41, 5.74) is 2.34. The van der Waals surface area contributed by atoms with Gasteiger partial charge < -0.3 is 5.11 Å². The lowest BCUT2D eigenvalue weighted by Gasteiger charge is -2.05. The summed E-state index contributed by atoms with van der Waals surface area (Å²) >= 11 is 6.86. The fraction of sp³-hybridized carbons (Fsp3) is 0.333. The number of aliphatic hydroxyl groups is 1. The van der Waals surface area contributed by atoms with E-state index in [9.17, 15) is 5.11 Å². The lowest BCUT2D eigenvalue weighted by molar-refractivity contribution is 0.180. The second-order valence-corrected chi connectivity index (χ2v) is 4.73. The van der Waals surface area contributed by atoms with Crippen LogP contribution in [0.5, 0.6) is 0 Å². The fourth-order valence-corrected chi connectivity index (χ4v) is 2.33. The van der Waals surface area contributed by atoms with Gasteiger partial charge in [-0.15, -0.1) is 0 Å². The molecule has 0 saturated carbocycles. The minimum Gasteiger partial charge on any atom is -0.388 e. The first-order valence-corrected chi connectivity index (χ1v) is 5.43. The van der Waals surface area contributed by atoms with E-state index in [1.54, 1.807) is 0 Å². The third-order valence-electron chi connectivity index (χ3n) is 2.23. The van der Waals surface area contributed by atoms with E-state index in [1.807, 2.05) is 6.07 Å². The van der Waals surface area contributed by atoms with E-state index in [0.717, 1.165) is 27.4 Å². The average molecular weight is 292 g/mol. The number of rotatable bonds is 0. The van der Waals surface area contributed by atoms with Crippen LogP contribution in [0.3, 0.4) is 0 Å². The number of fused-ring (bicyclic) bond motifs is 1. The van der Waals surface area contributed by atoms with Crippen LogP contribution in [0.1, 0.15) is 23.7 Å². The van der Waals surface area contributed by atoms with Crippen LogP contribution in [-0.2, 0) is 6.42 Å². The summed E-state index contributed by atoms with van der Waals surface area (Å²) in [5.74, 6) is 0. The molecule has 3 heteroatoms. The van der Waals surface area contributed by atoms with Crippen LogP contribution in [0, 0.1) is 0 Å². The highest BCUT2D eigenvalue weighted by Crippen LogP contribution is 2.36. The van der Waals surface area contributed by atoms with E-state index in [1.165, 1.54) is 5.56 Å². The molecule has 0 spiro atoms. The zero-order valence-corrected chi connectivity index (χ0v) is 9.52. The Morgan fingerprint density at radius 2 is 1.92 bits per heavy atom. The normalized spacial score (nSPS) is 21.1.